The number of amides is 1. The molecular weight excluding hydrogens is 418 g/mol. The molecule has 2 aromatic rings. The summed E-state index contributed by atoms with van der Waals surface area (Å²) in [4.78, 5) is 20.1. The minimum Gasteiger partial charge on any atom is -0.360 e. The topological polar surface area (TPSA) is 60.0 Å². The van der Waals surface area contributed by atoms with Crippen LogP contribution in [0, 0.1) is 0 Å². The zero-order valence-electron chi connectivity index (χ0n) is 16.3. The Balaban J connectivity index is 1.54. The fourth-order valence-corrected chi connectivity index (χ4v) is 3.45. The maximum absolute atomic E-state index is 11.6. The van der Waals surface area contributed by atoms with Gasteiger partial charge in [-0.3, -0.25) is 9.79 Å². The molecule has 1 fully saturated rings. The summed E-state index contributed by atoms with van der Waals surface area (Å²) in [6, 6.07) is 16.6. The van der Waals surface area contributed by atoms with Crippen LogP contribution in [0.2, 0.25) is 0 Å². The van der Waals surface area contributed by atoms with Crippen molar-refractivity contribution in [1.82, 2.24) is 15.5 Å². The molecule has 0 atom stereocenters. The largest absolute Gasteiger partial charge is 0.360 e. The highest BCUT2D eigenvalue weighted by Crippen LogP contribution is 2.16. The van der Waals surface area contributed by atoms with Gasteiger partial charge in [-0.25, -0.2) is 0 Å². The number of anilines is 1. The van der Waals surface area contributed by atoms with Crippen LogP contribution >= 0.6 is 15.9 Å². The van der Waals surface area contributed by atoms with Crippen molar-refractivity contribution in [2.24, 2.45) is 4.99 Å². The van der Waals surface area contributed by atoms with Crippen LogP contribution in [0.5, 0.6) is 0 Å². The second-order valence-corrected chi connectivity index (χ2v) is 7.74. The molecule has 1 aliphatic heterocycles. The average molecular weight is 444 g/mol. The summed E-state index contributed by atoms with van der Waals surface area (Å²) in [6.45, 7) is 3.44. The smallest absolute Gasteiger partial charge is 0.239 e. The van der Waals surface area contributed by atoms with Gasteiger partial charge in [-0.1, -0.05) is 40.2 Å². The zero-order valence-corrected chi connectivity index (χ0v) is 17.9. The number of carbonyl (C=O) groups is 1. The molecule has 148 valence electrons. The molecule has 7 heteroatoms. The van der Waals surface area contributed by atoms with Crippen molar-refractivity contribution in [3.05, 3.63) is 64.1 Å². The molecule has 6 nitrogen and oxygen atoms in total. The Bertz CT molecular complexity index is 820. The molecule has 0 aromatic heterocycles. The number of halogens is 1. The Morgan fingerprint density at radius 3 is 2.50 bits per heavy atom. The van der Waals surface area contributed by atoms with Crippen LogP contribution in [0.4, 0.5) is 5.69 Å². The van der Waals surface area contributed by atoms with Gasteiger partial charge in [-0.2, -0.15) is 0 Å². The van der Waals surface area contributed by atoms with Crippen LogP contribution in [-0.4, -0.2) is 50.5 Å². The van der Waals surface area contributed by atoms with Crippen molar-refractivity contribution in [3.8, 4) is 0 Å². The molecule has 2 aromatic carbocycles. The van der Waals surface area contributed by atoms with Gasteiger partial charge in [0.15, 0.2) is 5.96 Å². The van der Waals surface area contributed by atoms with Gasteiger partial charge < -0.3 is 20.4 Å². The van der Waals surface area contributed by atoms with Crippen molar-refractivity contribution >= 4 is 33.5 Å². The molecule has 2 N–H and O–H groups in total. The molecule has 3 rings (SSSR count). The van der Waals surface area contributed by atoms with Crippen molar-refractivity contribution in [3.63, 3.8) is 0 Å². The molecule has 1 saturated heterocycles. The number of benzene rings is 2. The average Bonchev–Trinajstić information content (AvgIpc) is 2.71. The van der Waals surface area contributed by atoms with Gasteiger partial charge in [0, 0.05) is 50.4 Å². The first-order valence-electron chi connectivity index (χ1n) is 9.32. The van der Waals surface area contributed by atoms with Crippen molar-refractivity contribution in [1.29, 1.82) is 0 Å². The minimum atomic E-state index is 0.0783. The molecule has 28 heavy (non-hydrogen) atoms. The fourth-order valence-electron chi connectivity index (χ4n) is 3.19. The number of piperazine rings is 1. The molecule has 0 unspecified atom stereocenters. The predicted octanol–water partition coefficient (Wildman–Crippen LogP) is 2.59. The fraction of sp³-hybridized carbons (Fsp3) is 0.333. The van der Waals surface area contributed by atoms with E-state index in [0.29, 0.717) is 19.6 Å². The van der Waals surface area contributed by atoms with Gasteiger partial charge >= 0.3 is 0 Å². The van der Waals surface area contributed by atoms with E-state index < -0.39 is 0 Å². The second kappa shape index (κ2) is 9.59. The lowest BCUT2D eigenvalue weighted by molar-refractivity contribution is -0.120. The van der Waals surface area contributed by atoms with E-state index in [4.69, 9.17) is 0 Å². The number of nitrogens with one attached hydrogen (secondary N) is 2. The van der Waals surface area contributed by atoms with Gasteiger partial charge in [-0.05, 0) is 35.4 Å². The maximum atomic E-state index is 11.6. The highest BCUT2D eigenvalue weighted by molar-refractivity contribution is 9.10. The summed E-state index contributed by atoms with van der Waals surface area (Å²) >= 11 is 3.47. The molecule has 0 saturated carbocycles. The summed E-state index contributed by atoms with van der Waals surface area (Å²) < 4.78 is 1.08. The van der Waals surface area contributed by atoms with E-state index in [-0.39, 0.29) is 5.91 Å². The number of hydrogen-bond acceptors (Lipinski definition) is 3. The monoisotopic (exact) mass is 443 g/mol. The van der Waals surface area contributed by atoms with Crippen molar-refractivity contribution in [2.45, 2.75) is 13.1 Å². The van der Waals surface area contributed by atoms with Crippen molar-refractivity contribution < 1.29 is 4.79 Å². The number of aliphatic imine (C=N–C) groups is 1. The molecular formula is C21H26BrN5O. The summed E-state index contributed by atoms with van der Waals surface area (Å²) in [5, 5.41) is 6.26. The van der Waals surface area contributed by atoms with E-state index in [9.17, 15) is 4.79 Å². The lowest BCUT2D eigenvalue weighted by Crippen LogP contribution is -2.47. The standard InChI is InChI=1S/C21H26BrN5O/c1-23-21(26(2)14-17-3-7-18(22)8-4-17)25-13-16-5-9-19(10-6-16)27-12-11-24-20(28)15-27/h3-10H,11-15H2,1-2H3,(H,23,25)(H,24,28). The summed E-state index contributed by atoms with van der Waals surface area (Å²) in [7, 11) is 3.83. The molecule has 0 radical (unpaired) electrons. The SMILES string of the molecule is CN=C(NCc1ccc(N2CCNC(=O)C2)cc1)N(C)Cc1ccc(Br)cc1. The number of hydrogen-bond donors (Lipinski definition) is 2. The second-order valence-electron chi connectivity index (χ2n) is 6.82. The van der Waals surface area contributed by atoms with E-state index in [1.807, 2.05) is 19.2 Å². The third kappa shape index (κ3) is 5.48. The summed E-state index contributed by atoms with van der Waals surface area (Å²) in [6.07, 6.45) is 0. The Kier molecular flexibility index (Phi) is 6.92. The van der Waals surface area contributed by atoms with Crippen LogP contribution in [0.3, 0.4) is 0 Å². The van der Waals surface area contributed by atoms with Crippen LogP contribution in [0.1, 0.15) is 11.1 Å². The molecule has 0 spiro atoms. The molecule has 1 amide bonds. The minimum absolute atomic E-state index is 0.0783. The molecule has 0 aliphatic carbocycles. The van der Waals surface area contributed by atoms with Crippen LogP contribution in [0.25, 0.3) is 0 Å². The van der Waals surface area contributed by atoms with Crippen molar-refractivity contribution in [2.75, 3.05) is 38.6 Å². The van der Waals surface area contributed by atoms with E-state index in [1.54, 1.807) is 7.05 Å². The van der Waals surface area contributed by atoms with Gasteiger partial charge in [0.1, 0.15) is 0 Å². The van der Waals surface area contributed by atoms with Gasteiger partial charge in [-0.15, -0.1) is 0 Å². The Labute approximate surface area is 174 Å². The normalized spacial score (nSPS) is 14.6. The first-order valence-corrected chi connectivity index (χ1v) is 10.1. The van der Waals surface area contributed by atoms with E-state index in [2.05, 4.69) is 77.8 Å². The van der Waals surface area contributed by atoms with Gasteiger partial charge in [0.25, 0.3) is 0 Å². The van der Waals surface area contributed by atoms with E-state index in [0.717, 1.165) is 29.2 Å². The lowest BCUT2D eigenvalue weighted by atomic mass is 10.2. The quantitative estimate of drug-likeness (QED) is 0.550. The Morgan fingerprint density at radius 2 is 1.86 bits per heavy atom. The van der Waals surface area contributed by atoms with E-state index >= 15 is 0 Å². The molecule has 1 aliphatic rings. The van der Waals surface area contributed by atoms with Crippen LogP contribution < -0.4 is 15.5 Å². The number of nitrogens with zero attached hydrogens (tertiary/aromatic N) is 3. The molecule has 0 bridgehead atoms. The third-order valence-corrected chi connectivity index (χ3v) is 5.23. The Morgan fingerprint density at radius 1 is 1.18 bits per heavy atom. The third-order valence-electron chi connectivity index (χ3n) is 4.70. The van der Waals surface area contributed by atoms with Crippen LogP contribution in [-0.2, 0) is 17.9 Å². The Hall–Kier alpha value is -2.54. The number of rotatable bonds is 5. The summed E-state index contributed by atoms with van der Waals surface area (Å²) in [5.74, 6) is 0.925. The van der Waals surface area contributed by atoms with Crippen LogP contribution in [0.15, 0.2) is 58.0 Å². The predicted molar refractivity (Wildman–Crippen MR) is 117 cm³/mol. The summed E-state index contributed by atoms with van der Waals surface area (Å²) in [5.41, 5.74) is 3.47. The first-order chi connectivity index (χ1) is 13.5. The van der Waals surface area contributed by atoms with Gasteiger partial charge in [0.05, 0.1) is 6.54 Å². The maximum Gasteiger partial charge on any atom is 0.239 e. The highest BCUT2D eigenvalue weighted by Gasteiger charge is 2.16. The van der Waals surface area contributed by atoms with Gasteiger partial charge in [0.2, 0.25) is 5.91 Å². The lowest BCUT2D eigenvalue weighted by Gasteiger charge is -2.28. The first kappa shape index (κ1) is 20.2. The number of carbonyl (C=O) groups excluding carboxylic acids is 1. The highest BCUT2D eigenvalue weighted by atomic mass is 79.9. The zero-order chi connectivity index (χ0) is 19.9. The van der Waals surface area contributed by atoms with E-state index in [1.165, 1.54) is 11.1 Å². The molecule has 1 heterocycles. The number of guanidine groups is 1.